The molecule has 1 aromatic carbocycles. The summed E-state index contributed by atoms with van der Waals surface area (Å²) in [6.45, 7) is 0.0370. The fourth-order valence-corrected chi connectivity index (χ4v) is 3.08. The van der Waals surface area contributed by atoms with E-state index in [-0.39, 0.29) is 24.4 Å². The number of carboxylic acid groups (broad SMARTS) is 2. The monoisotopic (exact) mass is 337 g/mol. The van der Waals surface area contributed by atoms with Crippen LogP contribution in [0.1, 0.15) is 22.3 Å². The van der Waals surface area contributed by atoms with Gasteiger partial charge in [0.1, 0.15) is 4.32 Å². The van der Waals surface area contributed by atoms with Gasteiger partial charge < -0.3 is 10.2 Å². The predicted molar refractivity (Wildman–Crippen MR) is 85.5 cm³/mol. The Morgan fingerprint density at radius 2 is 1.86 bits per heavy atom. The lowest BCUT2D eigenvalue weighted by Gasteiger charge is -2.12. The quantitative estimate of drug-likeness (QED) is 0.627. The van der Waals surface area contributed by atoms with Gasteiger partial charge in [-0.3, -0.25) is 14.5 Å². The van der Waals surface area contributed by atoms with Crippen molar-refractivity contribution in [2.24, 2.45) is 0 Å². The summed E-state index contributed by atoms with van der Waals surface area (Å²) in [5, 5.41) is 17.5. The molecule has 1 aromatic rings. The van der Waals surface area contributed by atoms with Crippen molar-refractivity contribution in [2.45, 2.75) is 6.42 Å². The first-order valence-electron chi connectivity index (χ1n) is 6.19. The summed E-state index contributed by atoms with van der Waals surface area (Å²) in [4.78, 5) is 35.2. The second-order valence-corrected chi connectivity index (χ2v) is 6.08. The Kier molecular flexibility index (Phi) is 4.94. The molecule has 114 valence electrons. The van der Waals surface area contributed by atoms with E-state index in [1.165, 1.54) is 17.0 Å². The van der Waals surface area contributed by atoms with Crippen molar-refractivity contribution >= 4 is 52.2 Å². The molecule has 0 bridgehead atoms. The molecule has 6 nitrogen and oxygen atoms in total. The smallest absolute Gasteiger partial charge is 0.335 e. The molecule has 8 heteroatoms. The van der Waals surface area contributed by atoms with Crippen molar-refractivity contribution in [1.29, 1.82) is 0 Å². The normalized spacial score (nSPS) is 16.4. The van der Waals surface area contributed by atoms with Gasteiger partial charge in [-0.2, -0.15) is 0 Å². The van der Waals surface area contributed by atoms with E-state index in [0.717, 1.165) is 11.8 Å². The summed E-state index contributed by atoms with van der Waals surface area (Å²) in [5.74, 6) is -2.35. The Balaban J connectivity index is 2.15. The summed E-state index contributed by atoms with van der Waals surface area (Å²) >= 11 is 6.17. The highest BCUT2D eigenvalue weighted by Gasteiger charge is 2.31. The third-order valence-corrected chi connectivity index (χ3v) is 4.26. The molecule has 0 saturated carbocycles. The minimum atomic E-state index is -1.02. The van der Waals surface area contributed by atoms with Crippen molar-refractivity contribution in [3.8, 4) is 0 Å². The van der Waals surface area contributed by atoms with Gasteiger partial charge in [-0.05, 0) is 23.8 Å². The van der Waals surface area contributed by atoms with Crippen molar-refractivity contribution in [3.05, 3.63) is 40.3 Å². The van der Waals surface area contributed by atoms with Crippen LogP contribution in [0.25, 0.3) is 6.08 Å². The molecule has 0 atom stereocenters. The molecule has 0 radical (unpaired) electrons. The minimum absolute atomic E-state index is 0.0370. The summed E-state index contributed by atoms with van der Waals surface area (Å²) in [6, 6.07) is 6.07. The van der Waals surface area contributed by atoms with Gasteiger partial charge in [-0.25, -0.2) is 4.79 Å². The number of hydrogen-bond acceptors (Lipinski definition) is 5. The predicted octanol–water partition coefficient (Wildman–Crippen LogP) is 2.06. The number of nitrogens with zero attached hydrogens (tertiary/aromatic N) is 1. The highest BCUT2D eigenvalue weighted by atomic mass is 32.2. The molecule has 22 heavy (non-hydrogen) atoms. The first kappa shape index (κ1) is 16.2. The number of rotatable bonds is 5. The summed E-state index contributed by atoms with van der Waals surface area (Å²) in [7, 11) is 0. The fraction of sp³-hybridized carbons (Fsp3) is 0.143. The number of amides is 1. The molecule has 1 saturated heterocycles. The Labute approximate surface area is 135 Å². The molecule has 0 aliphatic carbocycles. The van der Waals surface area contributed by atoms with E-state index in [0.29, 0.717) is 14.8 Å². The van der Waals surface area contributed by atoms with Crippen LogP contribution in [-0.4, -0.2) is 43.8 Å². The van der Waals surface area contributed by atoms with Crippen LogP contribution in [0, 0.1) is 0 Å². The third kappa shape index (κ3) is 3.71. The number of aliphatic carboxylic acids is 1. The van der Waals surface area contributed by atoms with Crippen LogP contribution < -0.4 is 0 Å². The summed E-state index contributed by atoms with van der Waals surface area (Å²) in [5.41, 5.74) is 0.829. The molecule has 1 heterocycles. The Morgan fingerprint density at radius 1 is 1.23 bits per heavy atom. The topological polar surface area (TPSA) is 94.9 Å². The van der Waals surface area contributed by atoms with Gasteiger partial charge in [0.25, 0.3) is 5.91 Å². The van der Waals surface area contributed by atoms with Crippen LogP contribution >= 0.6 is 24.0 Å². The zero-order valence-corrected chi connectivity index (χ0v) is 12.8. The second kappa shape index (κ2) is 6.71. The van der Waals surface area contributed by atoms with Gasteiger partial charge in [0, 0.05) is 6.54 Å². The highest BCUT2D eigenvalue weighted by Crippen LogP contribution is 2.32. The molecule has 2 N–H and O–H groups in total. The van der Waals surface area contributed by atoms with Crippen LogP contribution in [-0.2, 0) is 9.59 Å². The first-order chi connectivity index (χ1) is 10.4. The van der Waals surface area contributed by atoms with Crippen LogP contribution in [0.3, 0.4) is 0 Å². The van der Waals surface area contributed by atoms with Gasteiger partial charge in [-0.1, -0.05) is 36.1 Å². The lowest BCUT2D eigenvalue weighted by Crippen LogP contribution is -2.30. The number of benzene rings is 1. The van der Waals surface area contributed by atoms with Crippen LogP contribution in [0.4, 0.5) is 0 Å². The van der Waals surface area contributed by atoms with Crippen LogP contribution in [0.5, 0.6) is 0 Å². The molecule has 0 aromatic heterocycles. The number of hydrogen-bond donors (Lipinski definition) is 2. The molecule has 2 rings (SSSR count). The summed E-state index contributed by atoms with van der Waals surface area (Å²) < 4.78 is 0.319. The number of carbonyl (C=O) groups is 3. The number of carboxylic acids is 2. The van der Waals surface area contributed by atoms with Crippen molar-refractivity contribution in [2.75, 3.05) is 6.54 Å². The van der Waals surface area contributed by atoms with E-state index < -0.39 is 11.9 Å². The van der Waals surface area contributed by atoms with Gasteiger partial charge >= 0.3 is 11.9 Å². The van der Waals surface area contributed by atoms with Gasteiger partial charge in [0.15, 0.2) is 0 Å². The molecule has 1 fully saturated rings. The minimum Gasteiger partial charge on any atom is -0.481 e. The highest BCUT2D eigenvalue weighted by molar-refractivity contribution is 8.26. The standard InChI is InChI=1S/C14H11NO5S2/c16-11(17)5-6-15-12(18)10(22-14(15)21)7-8-1-3-9(4-2-8)13(19)20/h1-4,7H,5-6H2,(H,16,17)(H,19,20). The van der Waals surface area contributed by atoms with Gasteiger partial charge in [0.2, 0.25) is 0 Å². The number of thioether (sulfide) groups is 1. The van der Waals surface area contributed by atoms with E-state index >= 15 is 0 Å². The zero-order valence-electron chi connectivity index (χ0n) is 11.2. The van der Waals surface area contributed by atoms with Crippen molar-refractivity contribution in [1.82, 2.24) is 4.90 Å². The Hall–Kier alpha value is -2.19. The van der Waals surface area contributed by atoms with E-state index in [2.05, 4.69) is 0 Å². The average molecular weight is 337 g/mol. The zero-order chi connectivity index (χ0) is 16.3. The number of thiocarbonyl (C=S) groups is 1. The van der Waals surface area contributed by atoms with Crippen molar-refractivity contribution in [3.63, 3.8) is 0 Å². The molecule has 1 amide bonds. The average Bonchev–Trinajstić information content (AvgIpc) is 2.72. The van der Waals surface area contributed by atoms with Crippen LogP contribution in [0.15, 0.2) is 29.2 Å². The van der Waals surface area contributed by atoms with Crippen LogP contribution in [0.2, 0.25) is 0 Å². The maximum atomic E-state index is 12.2. The maximum Gasteiger partial charge on any atom is 0.335 e. The molecule has 1 aliphatic rings. The number of carbonyl (C=O) groups excluding carboxylic acids is 1. The van der Waals surface area contributed by atoms with Crippen molar-refractivity contribution < 1.29 is 24.6 Å². The SMILES string of the molecule is O=C(O)CCN1C(=O)C(=Cc2ccc(C(=O)O)cc2)SC1=S. The molecule has 1 aliphatic heterocycles. The fourth-order valence-electron chi connectivity index (χ4n) is 1.77. The largest absolute Gasteiger partial charge is 0.481 e. The maximum absolute atomic E-state index is 12.2. The Bertz CT molecular complexity index is 681. The lowest BCUT2D eigenvalue weighted by atomic mass is 10.1. The summed E-state index contributed by atoms with van der Waals surface area (Å²) in [6.07, 6.45) is 1.43. The molecular formula is C14H11NO5S2. The Morgan fingerprint density at radius 3 is 2.41 bits per heavy atom. The van der Waals surface area contributed by atoms with E-state index in [4.69, 9.17) is 22.4 Å². The second-order valence-electron chi connectivity index (χ2n) is 4.40. The van der Waals surface area contributed by atoms with Gasteiger partial charge in [-0.15, -0.1) is 0 Å². The van der Waals surface area contributed by atoms with E-state index in [1.807, 2.05) is 0 Å². The van der Waals surface area contributed by atoms with E-state index in [1.54, 1.807) is 18.2 Å². The van der Waals surface area contributed by atoms with E-state index in [9.17, 15) is 14.4 Å². The molecule has 0 spiro atoms. The molecular weight excluding hydrogens is 326 g/mol. The number of aromatic carboxylic acids is 1. The third-order valence-electron chi connectivity index (χ3n) is 2.88. The first-order valence-corrected chi connectivity index (χ1v) is 7.41. The molecule has 0 unspecified atom stereocenters. The lowest BCUT2D eigenvalue weighted by molar-refractivity contribution is -0.137. The van der Waals surface area contributed by atoms with Gasteiger partial charge in [0.05, 0.1) is 16.9 Å².